The third-order valence-corrected chi connectivity index (χ3v) is 11.5. The predicted molar refractivity (Wildman–Crippen MR) is 149 cm³/mol. The largest absolute Gasteiger partial charge is 0.508 e. The van der Waals surface area contributed by atoms with Crippen molar-refractivity contribution in [3.05, 3.63) is 11.6 Å². The predicted octanol–water partition coefficient (Wildman–Crippen LogP) is 9.74. The van der Waals surface area contributed by atoms with Crippen LogP contribution in [0.2, 0.25) is 0 Å². The van der Waals surface area contributed by atoms with E-state index in [0.717, 1.165) is 74.0 Å². The molecule has 0 saturated heterocycles. The van der Waals surface area contributed by atoms with Gasteiger partial charge in [0.2, 0.25) is 0 Å². The van der Waals surface area contributed by atoms with Crippen LogP contribution in [0.4, 0.5) is 4.79 Å². The molecule has 3 saturated carbocycles. The molecule has 0 spiro atoms. The highest BCUT2D eigenvalue weighted by Crippen LogP contribution is 2.67. The van der Waals surface area contributed by atoms with Gasteiger partial charge in [0.25, 0.3) is 0 Å². The van der Waals surface area contributed by atoms with Gasteiger partial charge in [0.05, 0.1) is 6.61 Å². The molecule has 206 valence electrons. The van der Waals surface area contributed by atoms with Gasteiger partial charge in [0.15, 0.2) is 0 Å². The first kappa shape index (κ1) is 28.0. The molecule has 0 aromatic rings. The molecule has 0 aromatic heterocycles. The summed E-state index contributed by atoms with van der Waals surface area (Å²) < 4.78 is 11.1. The van der Waals surface area contributed by atoms with Crippen molar-refractivity contribution in [3.63, 3.8) is 0 Å². The number of allylic oxidation sites excluding steroid dienone is 1. The number of carbonyl (C=O) groups is 1. The second-order valence-electron chi connectivity index (χ2n) is 14.1. The molecule has 0 bridgehead atoms. The molecule has 0 heterocycles. The molecule has 4 aliphatic rings. The number of ether oxygens (including phenoxy) is 2. The van der Waals surface area contributed by atoms with Crippen molar-refractivity contribution in [2.24, 2.45) is 46.3 Å². The molecule has 4 rings (SSSR count). The number of fused-ring (bicyclic) bond motifs is 5. The van der Waals surface area contributed by atoms with Gasteiger partial charge in [-0.25, -0.2) is 4.79 Å². The maximum absolute atomic E-state index is 12.2. The average molecular weight is 501 g/mol. The Morgan fingerprint density at radius 3 is 2.56 bits per heavy atom. The van der Waals surface area contributed by atoms with E-state index in [9.17, 15) is 4.79 Å². The van der Waals surface area contributed by atoms with Gasteiger partial charge in [0.1, 0.15) is 6.10 Å². The Labute approximate surface area is 222 Å². The number of carbonyl (C=O) groups excluding carboxylic acids is 1. The lowest BCUT2D eigenvalue weighted by Gasteiger charge is -2.58. The van der Waals surface area contributed by atoms with E-state index in [1.54, 1.807) is 5.57 Å². The molecule has 0 radical (unpaired) electrons. The van der Waals surface area contributed by atoms with E-state index in [0.29, 0.717) is 17.4 Å². The highest BCUT2D eigenvalue weighted by Gasteiger charge is 2.59. The van der Waals surface area contributed by atoms with Gasteiger partial charge >= 0.3 is 6.16 Å². The minimum absolute atomic E-state index is 0.00374. The number of rotatable bonds is 10. The van der Waals surface area contributed by atoms with Gasteiger partial charge in [-0.1, -0.05) is 85.3 Å². The standard InChI is InChI=1S/C33H56O3/c1-7-8-9-21-35-31(34)36-26-17-19-32(5)25(22-26)13-14-27-29-16-15-28(24(4)12-10-11-23(2)3)33(29,6)20-18-30(27)32/h13,23-24,26-30H,7-12,14-22H2,1-6H3/t24-,26+,27-,28-,29-,30+,32+,33-/m1/s1. The second-order valence-corrected chi connectivity index (χ2v) is 14.1. The Balaban J connectivity index is 1.36. The number of hydrogen-bond donors (Lipinski definition) is 0. The van der Waals surface area contributed by atoms with Gasteiger partial charge in [-0.2, -0.15) is 0 Å². The molecule has 8 atom stereocenters. The second kappa shape index (κ2) is 11.8. The van der Waals surface area contributed by atoms with Crippen LogP contribution in [-0.4, -0.2) is 18.9 Å². The Kier molecular flexibility index (Phi) is 9.20. The molecule has 0 aliphatic heterocycles. The van der Waals surface area contributed by atoms with Crippen LogP contribution in [0, 0.1) is 46.3 Å². The molecule has 0 aromatic carbocycles. The van der Waals surface area contributed by atoms with Gasteiger partial charge in [-0.05, 0) is 97.7 Å². The first-order valence-corrected chi connectivity index (χ1v) is 15.7. The maximum atomic E-state index is 12.2. The molecule has 0 N–H and O–H groups in total. The lowest BCUT2D eigenvalue weighted by atomic mass is 9.47. The van der Waals surface area contributed by atoms with Gasteiger partial charge in [-0.15, -0.1) is 0 Å². The van der Waals surface area contributed by atoms with Gasteiger partial charge < -0.3 is 9.47 Å². The monoisotopic (exact) mass is 500 g/mol. The Hall–Kier alpha value is -0.990. The van der Waals surface area contributed by atoms with E-state index in [4.69, 9.17) is 9.47 Å². The van der Waals surface area contributed by atoms with Gasteiger partial charge in [0, 0.05) is 6.42 Å². The summed E-state index contributed by atoms with van der Waals surface area (Å²) in [4.78, 5) is 12.2. The van der Waals surface area contributed by atoms with Crippen molar-refractivity contribution >= 4 is 6.16 Å². The number of hydrogen-bond acceptors (Lipinski definition) is 3. The van der Waals surface area contributed by atoms with E-state index in [1.165, 1.54) is 51.4 Å². The first-order valence-electron chi connectivity index (χ1n) is 15.7. The summed E-state index contributed by atoms with van der Waals surface area (Å²) in [5.41, 5.74) is 2.43. The van der Waals surface area contributed by atoms with Crippen molar-refractivity contribution in [1.82, 2.24) is 0 Å². The van der Waals surface area contributed by atoms with Crippen LogP contribution in [0.15, 0.2) is 11.6 Å². The van der Waals surface area contributed by atoms with E-state index in [-0.39, 0.29) is 6.10 Å². The fourth-order valence-electron chi connectivity index (χ4n) is 9.43. The van der Waals surface area contributed by atoms with Crippen LogP contribution >= 0.6 is 0 Å². The fraction of sp³-hybridized carbons (Fsp3) is 0.909. The zero-order valence-electron chi connectivity index (χ0n) is 24.5. The highest BCUT2D eigenvalue weighted by atomic mass is 16.7. The van der Waals surface area contributed by atoms with Crippen molar-refractivity contribution in [1.29, 1.82) is 0 Å². The quantitative estimate of drug-likeness (QED) is 0.170. The van der Waals surface area contributed by atoms with E-state index in [2.05, 4.69) is 47.6 Å². The van der Waals surface area contributed by atoms with Crippen LogP contribution < -0.4 is 0 Å². The smallest absolute Gasteiger partial charge is 0.434 e. The lowest BCUT2D eigenvalue weighted by Crippen LogP contribution is -2.51. The van der Waals surface area contributed by atoms with E-state index >= 15 is 0 Å². The summed E-state index contributed by atoms with van der Waals surface area (Å²) in [6, 6.07) is 0. The third kappa shape index (κ3) is 5.70. The van der Waals surface area contributed by atoms with Crippen LogP contribution in [0.1, 0.15) is 131 Å². The van der Waals surface area contributed by atoms with Gasteiger partial charge in [-0.3, -0.25) is 0 Å². The van der Waals surface area contributed by atoms with E-state index < -0.39 is 6.16 Å². The van der Waals surface area contributed by atoms with Crippen LogP contribution in [-0.2, 0) is 9.47 Å². The van der Waals surface area contributed by atoms with Crippen LogP contribution in [0.5, 0.6) is 0 Å². The zero-order valence-corrected chi connectivity index (χ0v) is 24.5. The molecule has 0 unspecified atom stereocenters. The summed E-state index contributed by atoms with van der Waals surface area (Å²) in [6.45, 7) is 15.2. The zero-order chi connectivity index (χ0) is 25.9. The first-order chi connectivity index (χ1) is 17.2. The van der Waals surface area contributed by atoms with E-state index in [1.807, 2.05) is 0 Å². The minimum Gasteiger partial charge on any atom is -0.434 e. The molecule has 3 fully saturated rings. The fourth-order valence-corrected chi connectivity index (χ4v) is 9.43. The lowest BCUT2D eigenvalue weighted by molar-refractivity contribution is -0.0617. The van der Waals surface area contributed by atoms with Crippen molar-refractivity contribution < 1.29 is 14.3 Å². The Bertz CT molecular complexity index is 771. The topological polar surface area (TPSA) is 35.5 Å². The molecule has 36 heavy (non-hydrogen) atoms. The molecular weight excluding hydrogens is 444 g/mol. The Morgan fingerprint density at radius 2 is 1.81 bits per heavy atom. The summed E-state index contributed by atoms with van der Waals surface area (Å²) in [7, 11) is 0. The molecule has 3 nitrogen and oxygen atoms in total. The van der Waals surface area contributed by atoms with Crippen LogP contribution in [0.25, 0.3) is 0 Å². The molecule has 4 aliphatic carbocycles. The van der Waals surface area contributed by atoms with Crippen molar-refractivity contribution in [3.8, 4) is 0 Å². The molecular formula is C33H56O3. The summed E-state index contributed by atoms with van der Waals surface area (Å²) in [5, 5.41) is 0. The van der Waals surface area contributed by atoms with Crippen LogP contribution in [0.3, 0.4) is 0 Å². The minimum atomic E-state index is -0.457. The number of unbranched alkanes of at least 4 members (excludes halogenated alkanes) is 2. The summed E-state index contributed by atoms with van der Waals surface area (Å²) >= 11 is 0. The summed E-state index contributed by atoms with van der Waals surface area (Å²) in [6.07, 6.45) is 19.5. The SMILES string of the molecule is CCCCCOC(=O)O[C@H]1CC[C@@]2(C)C(=CC[C@@H]3[C@H]4CC[C@H]([C@H](C)CCCC(C)C)[C@@]4(C)CC[C@@H]32)C1. The Morgan fingerprint density at radius 1 is 1.00 bits per heavy atom. The summed E-state index contributed by atoms with van der Waals surface area (Å²) in [5.74, 6) is 5.19. The molecule has 3 heteroatoms. The molecule has 0 amide bonds. The van der Waals surface area contributed by atoms with Crippen molar-refractivity contribution in [2.75, 3.05) is 6.61 Å². The normalized spacial score (nSPS) is 38.5. The maximum Gasteiger partial charge on any atom is 0.508 e. The highest BCUT2D eigenvalue weighted by molar-refractivity contribution is 5.60. The third-order valence-electron chi connectivity index (χ3n) is 11.5. The van der Waals surface area contributed by atoms with Crippen molar-refractivity contribution in [2.45, 2.75) is 138 Å². The average Bonchev–Trinajstić information content (AvgIpc) is 3.19.